The lowest BCUT2D eigenvalue weighted by molar-refractivity contribution is -0.116. The third kappa shape index (κ3) is 5.36. The Bertz CT molecular complexity index is 447. The highest BCUT2D eigenvalue weighted by atomic mass is 16.3. The largest absolute Gasteiger partial charge is 0.399 e. The maximum atomic E-state index is 11.8. The van der Waals surface area contributed by atoms with Crippen molar-refractivity contribution in [1.82, 2.24) is 4.90 Å². The Morgan fingerprint density at radius 1 is 1.38 bits per heavy atom. The van der Waals surface area contributed by atoms with Gasteiger partial charge in [0.1, 0.15) is 0 Å². The van der Waals surface area contributed by atoms with Crippen molar-refractivity contribution in [2.75, 3.05) is 37.3 Å². The molecule has 1 aromatic rings. The van der Waals surface area contributed by atoms with E-state index < -0.39 is 0 Å². The second kappa shape index (κ2) is 8.00. The fourth-order valence-corrected chi connectivity index (χ4v) is 2.79. The summed E-state index contributed by atoms with van der Waals surface area (Å²) >= 11 is 0. The summed E-state index contributed by atoms with van der Waals surface area (Å²) in [6, 6.07) is 7.18. The zero-order chi connectivity index (χ0) is 15.1. The number of nitrogens with two attached hydrogens (primary N) is 1. The Hall–Kier alpha value is -1.59. The Morgan fingerprint density at radius 3 is 2.86 bits per heavy atom. The summed E-state index contributed by atoms with van der Waals surface area (Å²) in [6.07, 6.45) is 3.46. The molecular formula is C16H25N3O2. The zero-order valence-corrected chi connectivity index (χ0v) is 12.4. The zero-order valence-electron chi connectivity index (χ0n) is 12.4. The van der Waals surface area contributed by atoms with E-state index >= 15 is 0 Å². The third-order valence-corrected chi connectivity index (χ3v) is 3.98. The van der Waals surface area contributed by atoms with Gasteiger partial charge in [0.05, 0.1) is 0 Å². The van der Waals surface area contributed by atoms with Crippen molar-refractivity contribution in [1.29, 1.82) is 0 Å². The second-order valence-electron chi connectivity index (χ2n) is 5.74. The summed E-state index contributed by atoms with van der Waals surface area (Å²) < 4.78 is 0. The van der Waals surface area contributed by atoms with Crippen molar-refractivity contribution in [2.24, 2.45) is 5.92 Å². The van der Waals surface area contributed by atoms with E-state index in [9.17, 15) is 4.79 Å². The molecule has 1 heterocycles. The molecule has 1 aromatic carbocycles. The van der Waals surface area contributed by atoms with Crippen molar-refractivity contribution in [2.45, 2.75) is 25.7 Å². The average molecular weight is 291 g/mol. The molecule has 1 aliphatic rings. The lowest BCUT2D eigenvalue weighted by atomic mass is 10.1. The predicted molar refractivity (Wildman–Crippen MR) is 85.0 cm³/mol. The number of carbonyl (C=O) groups is 1. The van der Waals surface area contributed by atoms with Gasteiger partial charge in [-0.25, -0.2) is 0 Å². The van der Waals surface area contributed by atoms with E-state index in [1.54, 1.807) is 12.1 Å². The molecule has 1 saturated heterocycles. The van der Waals surface area contributed by atoms with Crippen LogP contribution in [0.4, 0.5) is 11.4 Å². The van der Waals surface area contributed by atoms with Crippen LogP contribution in [0.3, 0.4) is 0 Å². The summed E-state index contributed by atoms with van der Waals surface area (Å²) in [5, 5.41) is 11.8. The van der Waals surface area contributed by atoms with Gasteiger partial charge in [0.25, 0.3) is 0 Å². The molecule has 0 aliphatic carbocycles. The maximum Gasteiger partial charge on any atom is 0.224 e. The molecule has 0 bridgehead atoms. The minimum Gasteiger partial charge on any atom is -0.399 e. The van der Waals surface area contributed by atoms with E-state index in [2.05, 4.69) is 10.2 Å². The topological polar surface area (TPSA) is 78.6 Å². The number of nitrogen functional groups attached to an aromatic ring is 1. The van der Waals surface area contributed by atoms with Crippen LogP contribution >= 0.6 is 0 Å². The monoisotopic (exact) mass is 291 g/mol. The molecule has 5 nitrogen and oxygen atoms in total. The van der Waals surface area contributed by atoms with Gasteiger partial charge in [0.2, 0.25) is 5.91 Å². The first-order valence-electron chi connectivity index (χ1n) is 7.66. The molecule has 4 N–H and O–H groups in total. The molecular weight excluding hydrogens is 266 g/mol. The molecule has 2 rings (SSSR count). The van der Waals surface area contributed by atoms with E-state index in [1.165, 1.54) is 0 Å². The van der Waals surface area contributed by atoms with Gasteiger partial charge in [0.15, 0.2) is 0 Å². The van der Waals surface area contributed by atoms with Crippen LogP contribution in [0.5, 0.6) is 0 Å². The minimum atomic E-state index is 0.0471. The number of nitrogens with zero attached hydrogens (tertiary/aromatic N) is 1. The average Bonchev–Trinajstić information content (AvgIpc) is 2.89. The van der Waals surface area contributed by atoms with Crippen LogP contribution in [-0.2, 0) is 4.79 Å². The van der Waals surface area contributed by atoms with Gasteiger partial charge >= 0.3 is 0 Å². The lowest BCUT2D eigenvalue weighted by Gasteiger charge is -2.15. The molecule has 1 aliphatic heterocycles. The Balaban J connectivity index is 1.62. The van der Waals surface area contributed by atoms with Gasteiger partial charge in [-0.15, -0.1) is 0 Å². The number of benzene rings is 1. The van der Waals surface area contributed by atoms with Crippen LogP contribution in [0.1, 0.15) is 25.7 Å². The van der Waals surface area contributed by atoms with Gasteiger partial charge in [0, 0.05) is 30.9 Å². The molecule has 1 amide bonds. The van der Waals surface area contributed by atoms with Crippen LogP contribution in [-0.4, -0.2) is 42.2 Å². The maximum absolute atomic E-state index is 11.8. The van der Waals surface area contributed by atoms with Gasteiger partial charge < -0.3 is 21.1 Å². The summed E-state index contributed by atoms with van der Waals surface area (Å²) in [6.45, 7) is 3.38. The molecule has 0 saturated carbocycles. The van der Waals surface area contributed by atoms with E-state index in [0.717, 1.165) is 44.6 Å². The number of hydrogen-bond donors (Lipinski definition) is 3. The Kier molecular flexibility index (Phi) is 6.02. The molecule has 116 valence electrons. The van der Waals surface area contributed by atoms with E-state index in [0.29, 0.717) is 18.0 Å². The van der Waals surface area contributed by atoms with Crippen LogP contribution in [0.15, 0.2) is 24.3 Å². The van der Waals surface area contributed by atoms with Gasteiger partial charge in [-0.3, -0.25) is 4.79 Å². The van der Waals surface area contributed by atoms with Crippen LogP contribution in [0.2, 0.25) is 0 Å². The first kappa shape index (κ1) is 15.8. The summed E-state index contributed by atoms with van der Waals surface area (Å²) in [5.74, 6) is 0.671. The highest BCUT2D eigenvalue weighted by Crippen LogP contribution is 2.19. The van der Waals surface area contributed by atoms with Gasteiger partial charge in [-0.1, -0.05) is 0 Å². The molecule has 1 atom stereocenters. The molecule has 1 fully saturated rings. The summed E-state index contributed by atoms with van der Waals surface area (Å²) in [5.41, 5.74) is 7.09. The van der Waals surface area contributed by atoms with Gasteiger partial charge in [-0.05, 0) is 62.5 Å². The predicted octanol–water partition coefficient (Wildman–Crippen LogP) is 1.69. The molecule has 0 radical (unpaired) electrons. The number of hydrogen-bond acceptors (Lipinski definition) is 4. The van der Waals surface area contributed by atoms with Crippen LogP contribution in [0, 0.1) is 5.92 Å². The highest BCUT2D eigenvalue weighted by Gasteiger charge is 2.21. The fourth-order valence-electron chi connectivity index (χ4n) is 2.79. The number of nitrogens with one attached hydrogen (secondary N) is 1. The van der Waals surface area contributed by atoms with Crippen molar-refractivity contribution >= 4 is 17.3 Å². The molecule has 0 spiro atoms. The van der Waals surface area contributed by atoms with Crippen molar-refractivity contribution in [3.05, 3.63) is 24.3 Å². The number of aliphatic hydroxyl groups is 1. The van der Waals surface area contributed by atoms with Crippen molar-refractivity contribution < 1.29 is 9.90 Å². The van der Waals surface area contributed by atoms with Gasteiger partial charge in [-0.2, -0.15) is 0 Å². The molecule has 0 aromatic heterocycles. The molecule has 5 heteroatoms. The summed E-state index contributed by atoms with van der Waals surface area (Å²) in [4.78, 5) is 14.2. The van der Waals surface area contributed by atoms with E-state index in [1.807, 2.05) is 12.1 Å². The van der Waals surface area contributed by atoms with Crippen molar-refractivity contribution in [3.63, 3.8) is 0 Å². The van der Waals surface area contributed by atoms with Crippen LogP contribution < -0.4 is 11.1 Å². The lowest BCUT2D eigenvalue weighted by Crippen LogP contribution is -2.23. The number of likely N-dealkylation sites (tertiary alicyclic amines) is 1. The minimum absolute atomic E-state index is 0.0471. The van der Waals surface area contributed by atoms with Crippen molar-refractivity contribution in [3.8, 4) is 0 Å². The number of rotatable bonds is 7. The normalized spacial score (nSPS) is 18.8. The van der Waals surface area contributed by atoms with E-state index in [-0.39, 0.29) is 12.5 Å². The molecule has 1 unspecified atom stereocenters. The van der Waals surface area contributed by atoms with Crippen LogP contribution in [0.25, 0.3) is 0 Å². The summed E-state index contributed by atoms with van der Waals surface area (Å²) in [7, 11) is 0. The Labute approximate surface area is 126 Å². The molecule has 21 heavy (non-hydrogen) atoms. The Morgan fingerprint density at radius 2 is 2.14 bits per heavy atom. The number of carbonyl (C=O) groups excluding carboxylic acids is 1. The standard InChI is InChI=1S/C16H25N3O2/c17-14-3-5-15(6-4-14)18-16(21)2-1-9-19-10-7-13(12-19)8-11-20/h3-6,13,20H,1-2,7-12,17H2,(H,18,21). The quantitative estimate of drug-likeness (QED) is 0.668. The highest BCUT2D eigenvalue weighted by molar-refractivity contribution is 5.90. The smallest absolute Gasteiger partial charge is 0.224 e. The number of amides is 1. The number of aliphatic hydroxyl groups excluding tert-OH is 1. The van der Waals surface area contributed by atoms with E-state index in [4.69, 9.17) is 10.8 Å². The fraction of sp³-hybridized carbons (Fsp3) is 0.562. The third-order valence-electron chi connectivity index (χ3n) is 3.98. The SMILES string of the molecule is Nc1ccc(NC(=O)CCCN2CCC(CCO)C2)cc1. The first-order chi connectivity index (χ1) is 10.2. The first-order valence-corrected chi connectivity index (χ1v) is 7.66. The second-order valence-corrected chi connectivity index (χ2v) is 5.74. The number of anilines is 2.